The molecule has 1 unspecified atom stereocenters. The second-order valence-corrected chi connectivity index (χ2v) is 4.71. The zero-order valence-electron chi connectivity index (χ0n) is 11.0. The fraction of sp³-hybridized carbons (Fsp3) is 0.250. The van der Waals surface area contributed by atoms with Crippen molar-refractivity contribution in [1.82, 2.24) is 5.32 Å². The van der Waals surface area contributed by atoms with Crippen molar-refractivity contribution < 1.29 is 4.74 Å². The summed E-state index contributed by atoms with van der Waals surface area (Å²) in [6, 6.07) is 18.7. The highest BCUT2D eigenvalue weighted by molar-refractivity contribution is 5.70. The van der Waals surface area contributed by atoms with Crippen LogP contribution in [0.4, 0.5) is 11.4 Å². The largest absolute Gasteiger partial charge is 0.485 e. The second kappa shape index (κ2) is 5.33. The monoisotopic (exact) mass is 254 g/mol. The van der Waals surface area contributed by atoms with Crippen molar-refractivity contribution in [2.24, 2.45) is 0 Å². The van der Waals surface area contributed by atoms with Crippen LogP contribution in [-0.2, 0) is 0 Å². The number of fused-ring (bicyclic) bond motifs is 1. The van der Waals surface area contributed by atoms with E-state index in [0.29, 0.717) is 0 Å². The van der Waals surface area contributed by atoms with Crippen molar-refractivity contribution in [3.05, 3.63) is 54.6 Å². The van der Waals surface area contributed by atoms with Crippen LogP contribution in [-0.4, -0.2) is 26.2 Å². The Morgan fingerprint density at radius 1 is 1.11 bits per heavy atom. The third-order valence-corrected chi connectivity index (χ3v) is 3.34. The molecule has 0 saturated heterocycles. The molecule has 0 amide bonds. The van der Waals surface area contributed by atoms with E-state index >= 15 is 0 Å². The minimum atomic E-state index is 0.167. The second-order valence-electron chi connectivity index (χ2n) is 4.71. The first-order valence-corrected chi connectivity index (χ1v) is 6.61. The molecule has 1 heterocycles. The minimum absolute atomic E-state index is 0.167. The van der Waals surface area contributed by atoms with Crippen LogP contribution in [0.3, 0.4) is 0 Å². The van der Waals surface area contributed by atoms with E-state index < -0.39 is 0 Å². The lowest BCUT2D eigenvalue weighted by atomic mass is 10.1. The van der Waals surface area contributed by atoms with Crippen LogP contribution in [0.5, 0.6) is 5.75 Å². The van der Waals surface area contributed by atoms with E-state index in [9.17, 15) is 0 Å². The van der Waals surface area contributed by atoms with Gasteiger partial charge in [-0.2, -0.15) is 0 Å². The number of nitrogens with one attached hydrogen (secondary N) is 1. The molecule has 2 aromatic carbocycles. The van der Waals surface area contributed by atoms with Gasteiger partial charge in [0.25, 0.3) is 0 Å². The molecule has 0 aromatic heterocycles. The van der Waals surface area contributed by atoms with Crippen LogP contribution in [0.25, 0.3) is 0 Å². The lowest BCUT2D eigenvalue weighted by molar-refractivity contribution is 0.197. The molecule has 1 aliphatic rings. The van der Waals surface area contributed by atoms with Crippen LogP contribution in [0.1, 0.15) is 0 Å². The van der Waals surface area contributed by atoms with E-state index in [4.69, 9.17) is 4.74 Å². The van der Waals surface area contributed by atoms with E-state index in [2.05, 4.69) is 46.6 Å². The predicted octanol–water partition coefficient (Wildman–Crippen LogP) is 2.81. The van der Waals surface area contributed by atoms with Gasteiger partial charge in [-0.3, -0.25) is 0 Å². The Bertz CT molecular complexity index is 541. The summed E-state index contributed by atoms with van der Waals surface area (Å²) >= 11 is 0. The summed E-state index contributed by atoms with van der Waals surface area (Å²) < 4.78 is 6.02. The number of anilines is 2. The molecule has 19 heavy (non-hydrogen) atoms. The third kappa shape index (κ3) is 2.42. The average molecular weight is 254 g/mol. The molecule has 3 nitrogen and oxygen atoms in total. The molecule has 3 heteroatoms. The average Bonchev–Trinajstić information content (AvgIpc) is 2.48. The highest BCUT2D eigenvalue weighted by atomic mass is 16.5. The number of likely N-dealkylation sites (N-methyl/N-ethyl adjacent to an activating group) is 1. The maximum atomic E-state index is 6.02. The Morgan fingerprint density at radius 2 is 1.84 bits per heavy atom. The zero-order chi connectivity index (χ0) is 13.1. The summed E-state index contributed by atoms with van der Waals surface area (Å²) in [4.78, 5) is 2.32. The number of hydrogen-bond acceptors (Lipinski definition) is 3. The smallest absolute Gasteiger partial charge is 0.143 e. The molecule has 0 fully saturated rings. The van der Waals surface area contributed by atoms with Crippen molar-refractivity contribution in [3.63, 3.8) is 0 Å². The van der Waals surface area contributed by atoms with Crippen LogP contribution < -0.4 is 15.0 Å². The van der Waals surface area contributed by atoms with Gasteiger partial charge in [-0.25, -0.2) is 0 Å². The van der Waals surface area contributed by atoms with Crippen LogP contribution in [0.15, 0.2) is 54.6 Å². The van der Waals surface area contributed by atoms with Crippen molar-refractivity contribution >= 4 is 11.4 Å². The van der Waals surface area contributed by atoms with E-state index in [1.165, 1.54) is 5.69 Å². The molecule has 1 atom stereocenters. The van der Waals surface area contributed by atoms with Crippen LogP contribution in [0, 0.1) is 0 Å². The molecule has 0 spiro atoms. The fourth-order valence-electron chi connectivity index (χ4n) is 2.48. The van der Waals surface area contributed by atoms with Gasteiger partial charge in [0, 0.05) is 12.2 Å². The summed E-state index contributed by atoms with van der Waals surface area (Å²) in [5, 5.41) is 3.19. The Hall–Kier alpha value is -2.00. The number of ether oxygens (including phenoxy) is 1. The number of benzene rings is 2. The molecule has 3 rings (SSSR count). The molecule has 0 bridgehead atoms. The maximum Gasteiger partial charge on any atom is 0.143 e. The fourth-order valence-corrected chi connectivity index (χ4v) is 2.48. The number of rotatable bonds is 3. The van der Waals surface area contributed by atoms with Crippen molar-refractivity contribution in [3.8, 4) is 5.75 Å². The number of nitrogens with zero attached hydrogens (tertiary/aromatic N) is 1. The summed E-state index contributed by atoms with van der Waals surface area (Å²) in [6.45, 7) is 1.71. The lowest BCUT2D eigenvalue weighted by Crippen LogP contribution is -2.42. The van der Waals surface area contributed by atoms with Gasteiger partial charge < -0.3 is 15.0 Å². The molecular weight excluding hydrogens is 236 g/mol. The Balaban J connectivity index is 1.98. The first-order chi connectivity index (χ1) is 9.38. The van der Waals surface area contributed by atoms with E-state index in [1.54, 1.807) is 0 Å². The third-order valence-electron chi connectivity index (χ3n) is 3.34. The molecule has 0 radical (unpaired) electrons. The van der Waals surface area contributed by atoms with Gasteiger partial charge in [0.05, 0.1) is 12.2 Å². The number of para-hydroxylation sites is 3. The minimum Gasteiger partial charge on any atom is -0.485 e. The number of hydrogen-bond donors (Lipinski definition) is 1. The topological polar surface area (TPSA) is 24.5 Å². The first kappa shape index (κ1) is 12.1. The van der Waals surface area contributed by atoms with Gasteiger partial charge in [0.15, 0.2) is 0 Å². The van der Waals surface area contributed by atoms with Crippen molar-refractivity contribution in [2.75, 3.05) is 25.0 Å². The quantitative estimate of drug-likeness (QED) is 0.911. The summed E-state index contributed by atoms with van der Waals surface area (Å²) in [5.41, 5.74) is 2.35. The molecule has 98 valence electrons. The van der Waals surface area contributed by atoms with E-state index in [1.807, 2.05) is 25.2 Å². The predicted molar refractivity (Wildman–Crippen MR) is 78.2 cm³/mol. The Kier molecular flexibility index (Phi) is 3.38. The van der Waals surface area contributed by atoms with Gasteiger partial charge in [-0.05, 0) is 31.3 Å². The highest BCUT2D eigenvalue weighted by Crippen LogP contribution is 2.37. The molecule has 0 saturated carbocycles. The summed E-state index contributed by atoms with van der Waals surface area (Å²) in [7, 11) is 1.96. The van der Waals surface area contributed by atoms with Crippen LogP contribution >= 0.6 is 0 Å². The zero-order valence-corrected chi connectivity index (χ0v) is 11.0. The van der Waals surface area contributed by atoms with Gasteiger partial charge in [0.1, 0.15) is 11.9 Å². The molecule has 1 N–H and O–H groups in total. The van der Waals surface area contributed by atoms with Crippen molar-refractivity contribution in [2.45, 2.75) is 6.10 Å². The van der Waals surface area contributed by atoms with Gasteiger partial charge >= 0.3 is 0 Å². The Morgan fingerprint density at radius 3 is 2.63 bits per heavy atom. The van der Waals surface area contributed by atoms with Gasteiger partial charge in [-0.1, -0.05) is 30.3 Å². The molecule has 2 aromatic rings. The van der Waals surface area contributed by atoms with E-state index in [0.717, 1.165) is 24.5 Å². The standard InChI is InChI=1S/C16H18N2O/c1-17-11-14-12-18(13-7-3-2-4-8-13)15-9-5-6-10-16(15)19-14/h2-10,14,17H,11-12H2,1H3. The van der Waals surface area contributed by atoms with Crippen molar-refractivity contribution in [1.29, 1.82) is 0 Å². The summed E-state index contributed by atoms with van der Waals surface area (Å²) in [5.74, 6) is 0.956. The molecular formula is C16H18N2O. The summed E-state index contributed by atoms with van der Waals surface area (Å²) in [6.07, 6.45) is 0.167. The Labute approximate surface area is 113 Å². The van der Waals surface area contributed by atoms with Crippen LogP contribution in [0.2, 0.25) is 0 Å². The van der Waals surface area contributed by atoms with E-state index in [-0.39, 0.29) is 6.10 Å². The SMILES string of the molecule is CNCC1CN(c2ccccc2)c2ccccc2O1. The first-order valence-electron chi connectivity index (χ1n) is 6.61. The van der Waals surface area contributed by atoms with Gasteiger partial charge in [-0.15, -0.1) is 0 Å². The maximum absolute atomic E-state index is 6.02. The van der Waals surface area contributed by atoms with Gasteiger partial charge in [0.2, 0.25) is 0 Å². The lowest BCUT2D eigenvalue weighted by Gasteiger charge is -2.36. The molecule has 0 aliphatic carbocycles. The normalized spacial score (nSPS) is 17.7. The highest BCUT2D eigenvalue weighted by Gasteiger charge is 2.25. The molecule has 1 aliphatic heterocycles.